The molecule has 1 aliphatic carbocycles. The molecule has 0 spiro atoms. The number of hydrogen-bond acceptors (Lipinski definition) is 3. The van der Waals surface area contributed by atoms with Crippen LogP contribution in [0.2, 0.25) is 0 Å². The molecule has 0 bridgehead atoms. The SMILES string of the molecule is CCS[C@@H]1CC[C@H](NC(=O)N[C@H](CC)CO)C1. The minimum absolute atomic E-state index is 0.00288. The third-order valence-corrected chi connectivity index (χ3v) is 4.40. The van der Waals surface area contributed by atoms with E-state index in [9.17, 15) is 4.79 Å². The van der Waals surface area contributed by atoms with Gasteiger partial charge in [-0.1, -0.05) is 13.8 Å². The Bertz CT molecular complexity index is 235. The van der Waals surface area contributed by atoms with Crippen LogP contribution in [0.1, 0.15) is 39.5 Å². The lowest BCUT2D eigenvalue weighted by molar-refractivity contribution is 0.212. The number of rotatable bonds is 6. The average molecular weight is 260 g/mol. The van der Waals surface area contributed by atoms with E-state index in [1.165, 1.54) is 6.42 Å². The van der Waals surface area contributed by atoms with Gasteiger partial charge in [0.2, 0.25) is 0 Å². The fourth-order valence-corrected chi connectivity index (χ4v) is 3.29. The smallest absolute Gasteiger partial charge is 0.315 e. The molecule has 2 amide bonds. The van der Waals surface area contributed by atoms with Crippen molar-refractivity contribution in [1.82, 2.24) is 10.6 Å². The Hall–Kier alpha value is -0.420. The zero-order valence-electron chi connectivity index (χ0n) is 10.7. The second kappa shape index (κ2) is 7.82. The van der Waals surface area contributed by atoms with E-state index in [1.54, 1.807) is 0 Å². The summed E-state index contributed by atoms with van der Waals surface area (Å²) in [5.74, 6) is 1.14. The third-order valence-electron chi connectivity index (χ3n) is 3.17. The Kier molecular flexibility index (Phi) is 6.73. The summed E-state index contributed by atoms with van der Waals surface area (Å²) in [5, 5.41) is 15.5. The molecule has 100 valence electrons. The van der Waals surface area contributed by atoms with Crippen molar-refractivity contribution in [3.8, 4) is 0 Å². The Balaban J connectivity index is 2.23. The van der Waals surface area contributed by atoms with E-state index in [0.29, 0.717) is 11.3 Å². The minimum atomic E-state index is -0.141. The van der Waals surface area contributed by atoms with Gasteiger partial charge in [0.25, 0.3) is 0 Å². The number of thioether (sulfide) groups is 1. The lowest BCUT2D eigenvalue weighted by atomic mass is 10.2. The summed E-state index contributed by atoms with van der Waals surface area (Å²) in [7, 11) is 0. The van der Waals surface area contributed by atoms with Gasteiger partial charge in [0, 0.05) is 11.3 Å². The molecule has 5 heteroatoms. The van der Waals surface area contributed by atoms with Gasteiger partial charge in [-0.2, -0.15) is 11.8 Å². The Labute approximate surface area is 108 Å². The Morgan fingerprint density at radius 1 is 1.47 bits per heavy atom. The van der Waals surface area contributed by atoms with Crippen LogP contribution in [-0.4, -0.2) is 40.8 Å². The second-order valence-corrected chi connectivity index (χ2v) is 6.07. The summed E-state index contributed by atoms with van der Waals surface area (Å²) in [5.41, 5.74) is 0. The molecule has 0 aromatic carbocycles. The summed E-state index contributed by atoms with van der Waals surface area (Å²) in [6, 6.07) is 0.0329. The van der Waals surface area contributed by atoms with Crippen LogP contribution in [0.3, 0.4) is 0 Å². The lowest BCUT2D eigenvalue weighted by Crippen LogP contribution is -2.46. The van der Waals surface area contributed by atoms with Gasteiger partial charge in [0.1, 0.15) is 0 Å². The van der Waals surface area contributed by atoms with E-state index in [4.69, 9.17) is 5.11 Å². The summed E-state index contributed by atoms with van der Waals surface area (Å²) in [6.45, 7) is 4.12. The van der Waals surface area contributed by atoms with Gasteiger partial charge in [0.15, 0.2) is 0 Å². The number of carbonyl (C=O) groups is 1. The lowest BCUT2D eigenvalue weighted by Gasteiger charge is -2.18. The first-order valence-corrected chi connectivity index (χ1v) is 7.53. The van der Waals surface area contributed by atoms with Crippen molar-refractivity contribution in [1.29, 1.82) is 0 Å². The van der Waals surface area contributed by atoms with E-state index in [2.05, 4.69) is 17.6 Å². The van der Waals surface area contributed by atoms with Gasteiger partial charge in [0.05, 0.1) is 12.6 Å². The first-order chi connectivity index (χ1) is 8.19. The van der Waals surface area contributed by atoms with Gasteiger partial charge >= 0.3 is 6.03 Å². The Morgan fingerprint density at radius 3 is 2.82 bits per heavy atom. The van der Waals surface area contributed by atoms with Crippen molar-refractivity contribution >= 4 is 17.8 Å². The van der Waals surface area contributed by atoms with Crippen LogP contribution >= 0.6 is 11.8 Å². The van der Waals surface area contributed by atoms with Crippen LogP contribution in [0.5, 0.6) is 0 Å². The molecule has 0 aliphatic heterocycles. The molecule has 0 aromatic heterocycles. The number of carbonyl (C=O) groups excluding carboxylic acids is 1. The molecule has 17 heavy (non-hydrogen) atoms. The molecular weight excluding hydrogens is 236 g/mol. The van der Waals surface area contributed by atoms with Gasteiger partial charge in [-0.15, -0.1) is 0 Å². The van der Waals surface area contributed by atoms with E-state index in [-0.39, 0.29) is 18.7 Å². The summed E-state index contributed by atoms with van der Waals surface area (Å²) < 4.78 is 0. The van der Waals surface area contributed by atoms with Gasteiger partial charge in [-0.3, -0.25) is 0 Å². The van der Waals surface area contributed by atoms with Crippen LogP contribution in [-0.2, 0) is 0 Å². The zero-order valence-corrected chi connectivity index (χ0v) is 11.6. The molecule has 1 saturated carbocycles. The van der Waals surface area contributed by atoms with Crippen molar-refractivity contribution in [2.24, 2.45) is 0 Å². The predicted octanol–water partition coefficient (Wildman–Crippen LogP) is 1.73. The van der Waals surface area contributed by atoms with Gasteiger partial charge in [-0.25, -0.2) is 4.79 Å². The maximum atomic E-state index is 11.7. The van der Waals surface area contributed by atoms with E-state index in [1.807, 2.05) is 18.7 Å². The summed E-state index contributed by atoms with van der Waals surface area (Å²) >= 11 is 1.98. The molecule has 0 unspecified atom stereocenters. The number of hydrogen-bond donors (Lipinski definition) is 3. The highest BCUT2D eigenvalue weighted by Gasteiger charge is 2.25. The van der Waals surface area contributed by atoms with Gasteiger partial charge < -0.3 is 15.7 Å². The molecule has 3 atom stereocenters. The van der Waals surface area contributed by atoms with Crippen molar-refractivity contribution in [2.45, 2.75) is 56.9 Å². The molecule has 1 rings (SSSR count). The van der Waals surface area contributed by atoms with Crippen LogP contribution < -0.4 is 10.6 Å². The third kappa shape index (κ3) is 5.17. The second-order valence-electron chi connectivity index (χ2n) is 4.49. The summed E-state index contributed by atoms with van der Waals surface area (Å²) in [6.07, 6.45) is 4.09. The van der Waals surface area contributed by atoms with Crippen molar-refractivity contribution in [2.75, 3.05) is 12.4 Å². The maximum Gasteiger partial charge on any atom is 0.315 e. The van der Waals surface area contributed by atoms with E-state index < -0.39 is 0 Å². The largest absolute Gasteiger partial charge is 0.394 e. The summed E-state index contributed by atoms with van der Waals surface area (Å²) in [4.78, 5) is 11.7. The highest BCUT2D eigenvalue weighted by Crippen LogP contribution is 2.29. The van der Waals surface area contributed by atoms with E-state index in [0.717, 1.165) is 25.0 Å². The van der Waals surface area contributed by atoms with Crippen LogP contribution in [0.25, 0.3) is 0 Å². The maximum absolute atomic E-state index is 11.7. The standard InChI is InChI=1S/C12H24N2O2S/c1-3-9(8-15)13-12(16)14-10-5-6-11(7-10)17-4-2/h9-11,15H,3-8H2,1-2H3,(H2,13,14,16)/t9-,10+,11-/m1/s1. The normalized spacial score (nSPS) is 25.6. The fourth-order valence-electron chi connectivity index (χ4n) is 2.15. The van der Waals surface area contributed by atoms with Crippen LogP contribution in [0.15, 0.2) is 0 Å². The molecule has 0 heterocycles. The quantitative estimate of drug-likeness (QED) is 0.681. The molecule has 4 nitrogen and oxygen atoms in total. The van der Waals surface area contributed by atoms with Crippen LogP contribution in [0, 0.1) is 0 Å². The molecular formula is C12H24N2O2S. The first kappa shape index (κ1) is 14.6. The van der Waals surface area contributed by atoms with Gasteiger partial charge in [-0.05, 0) is 31.4 Å². The number of amides is 2. The fraction of sp³-hybridized carbons (Fsp3) is 0.917. The number of urea groups is 1. The minimum Gasteiger partial charge on any atom is -0.394 e. The molecule has 1 fully saturated rings. The molecule has 0 aromatic rings. The van der Waals surface area contributed by atoms with Crippen molar-refractivity contribution in [3.05, 3.63) is 0 Å². The van der Waals surface area contributed by atoms with Crippen molar-refractivity contribution in [3.63, 3.8) is 0 Å². The number of aliphatic hydroxyl groups is 1. The van der Waals surface area contributed by atoms with Crippen molar-refractivity contribution < 1.29 is 9.90 Å². The highest BCUT2D eigenvalue weighted by molar-refractivity contribution is 7.99. The monoisotopic (exact) mass is 260 g/mol. The first-order valence-electron chi connectivity index (χ1n) is 6.49. The predicted molar refractivity (Wildman–Crippen MR) is 72.4 cm³/mol. The molecule has 0 radical (unpaired) electrons. The number of aliphatic hydroxyl groups excluding tert-OH is 1. The molecule has 3 N–H and O–H groups in total. The number of nitrogens with one attached hydrogen (secondary N) is 2. The van der Waals surface area contributed by atoms with E-state index >= 15 is 0 Å². The average Bonchev–Trinajstić information content (AvgIpc) is 2.74. The molecule has 1 aliphatic rings. The highest BCUT2D eigenvalue weighted by atomic mass is 32.2. The Morgan fingerprint density at radius 2 is 2.24 bits per heavy atom. The van der Waals surface area contributed by atoms with Crippen LogP contribution in [0.4, 0.5) is 4.79 Å². The molecule has 0 saturated heterocycles. The zero-order chi connectivity index (χ0) is 12.7. The topological polar surface area (TPSA) is 61.4 Å².